The number of hydrogen-bond acceptors (Lipinski definition) is 1. The van der Waals surface area contributed by atoms with Crippen LogP contribution in [0.4, 0.5) is 4.39 Å². The lowest BCUT2D eigenvalue weighted by Gasteiger charge is -2.09. The van der Waals surface area contributed by atoms with Gasteiger partial charge in [-0.3, -0.25) is 0 Å². The van der Waals surface area contributed by atoms with Crippen molar-refractivity contribution in [2.24, 2.45) is 5.73 Å². The van der Waals surface area contributed by atoms with Crippen molar-refractivity contribution < 1.29 is 4.39 Å². The summed E-state index contributed by atoms with van der Waals surface area (Å²) in [5.74, 6) is -0.223. The van der Waals surface area contributed by atoms with E-state index in [1.165, 1.54) is 0 Å². The van der Waals surface area contributed by atoms with Crippen LogP contribution in [0, 0.1) is 12.7 Å². The Morgan fingerprint density at radius 3 is 2.67 bits per heavy atom. The first-order chi connectivity index (χ1) is 7.00. The smallest absolute Gasteiger partial charge is 0.127 e. The van der Waals surface area contributed by atoms with Crippen LogP contribution < -0.4 is 5.73 Å². The molecule has 3 heteroatoms. The second-order valence-corrected chi connectivity index (χ2v) is 4.95. The summed E-state index contributed by atoms with van der Waals surface area (Å²) >= 11 is 5.91. The van der Waals surface area contributed by atoms with Crippen molar-refractivity contribution in [1.82, 2.24) is 0 Å². The Balaban J connectivity index is 2.08. The molecule has 0 unspecified atom stereocenters. The Kier molecular flexibility index (Phi) is 2.73. The zero-order valence-electron chi connectivity index (χ0n) is 8.82. The molecule has 1 aromatic rings. The Bertz CT molecular complexity index is 362. The number of halogens is 2. The summed E-state index contributed by atoms with van der Waals surface area (Å²) in [5, 5.41) is 0.506. The van der Waals surface area contributed by atoms with Crippen molar-refractivity contribution >= 4 is 11.6 Å². The molecule has 2 N–H and O–H groups in total. The first kappa shape index (κ1) is 10.9. The van der Waals surface area contributed by atoms with E-state index in [0.717, 1.165) is 31.2 Å². The molecule has 1 aliphatic carbocycles. The van der Waals surface area contributed by atoms with Gasteiger partial charge in [-0.2, -0.15) is 0 Å². The number of rotatable bonds is 3. The van der Waals surface area contributed by atoms with E-state index in [1.807, 2.05) is 6.07 Å². The van der Waals surface area contributed by atoms with Crippen LogP contribution in [-0.4, -0.2) is 5.54 Å². The van der Waals surface area contributed by atoms with Gasteiger partial charge in [-0.25, -0.2) is 4.39 Å². The molecule has 0 atom stereocenters. The molecule has 1 aliphatic rings. The number of benzene rings is 1. The molecule has 0 aromatic heterocycles. The summed E-state index contributed by atoms with van der Waals surface area (Å²) in [6.45, 7) is 1.69. The lowest BCUT2D eigenvalue weighted by Crippen LogP contribution is -2.22. The van der Waals surface area contributed by atoms with Gasteiger partial charge in [-0.05, 0) is 50.3 Å². The Hall–Kier alpha value is -0.600. The fourth-order valence-corrected chi connectivity index (χ4v) is 1.88. The Morgan fingerprint density at radius 1 is 1.47 bits per heavy atom. The third-order valence-electron chi connectivity index (χ3n) is 3.14. The van der Waals surface area contributed by atoms with Crippen LogP contribution in [0.3, 0.4) is 0 Å². The van der Waals surface area contributed by atoms with Gasteiger partial charge in [0.25, 0.3) is 0 Å². The van der Waals surface area contributed by atoms with Gasteiger partial charge in [0.05, 0.1) is 0 Å². The number of aryl methyl sites for hydroxylation is 1. The van der Waals surface area contributed by atoms with Gasteiger partial charge in [-0.1, -0.05) is 11.6 Å². The highest BCUT2D eigenvalue weighted by Crippen LogP contribution is 2.36. The predicted molar refractivity (Wildman–Crippen MR) is 60.6 cm³/mol. The molecule has 2 rings (SSSR count). The minimum Gasteiger partial charge on any atom is -0.325 e. The van der Waals surface area contributed by atoms with Crippen molar-refractivity contribution in [3.8, 4) is 0 Å². The van der Waals surface area contributed by atoms with E-state index in [-0.39, 0.29) is 11.4 Å². The molecular weight excluding hydrogens is 213 g/mol. The topological polar surface area (TPSA) is 26.0 Å². The average Bonchev–Trinajstić information content (AvgIpc) is 2.90. The largest absolute Gasteiger partial charge is 0.325 e. The third kappa shape index (κ3) is 2.50. The van der Waals surface area contributed by atoms with Crippen LogP contribution in [0.15, 0.2) is 12.1 Å². The van der Waals surface area contributed by atoms with E-state index in [2.05, 4.69) is 0 Å². The highest BCUT2D eigenvalue weighted by atomic mass is 35.5. The van der Waals surface area contributed by atoms with Gasteiger partial charge in [0, 0.05) is 16.1 Å². The van der Waals surface area contributed by atoms with Crippen LogP contribution in [0.2, 0.25) is 5.02 Å². The molecule has 1 fully saturated rings. The molecule has 0 bridgehead atoms. The summed E-state index contributed by atoms with van der Waals surface area (Å²) in [5.41, 5.74) is 7.46. The highest BCUT2D eigenvalue weighted by molar-refractivity contribution is 6.31. The molecule has 0 saturated heterocycles. The fourth-order valence-electron chi connectivity index (χ4n) is 1.65. The number of nitrogens with two attached hydrogens (primary N) is 1. The van der Waals surface area contributed by atoms with Crippen molar-refractivity contribution in [3.63, 3.8) is 0 Å². The second-order valence-electron chi connectivity index (χ2n) is 4.55. The average molecular weight is 228 g/mol. The van der Waals surface area contributed by atoms with E-state index >= 15 is 0 Å². The highest BCUT2D eigenvalue weighted by Gasteiger charge is 2.37. The summed E-state index contributed by atoms with van der Waals surface area (Å²) in [4.78, 5) is 0. The van der Waals surface area contributed by atoms with Crippen LogP contribution in [0.1, 0.15) is 30.4 Å². The summed E-state index contributed by atoms with van der Waals surface area (Å²) in [7, 11) is 0. The molecule has 1 aromatic carbocycles. The van der Waals surface area contributed by atoms with E-state index in [4.69, 9.17) is 17.3 Å². The van der Waals surface area contributed by atoms with Gasteiger partial charge < -0.3 is 5.73 Å². The Morgan fingerprint density at radius 2 is 2.13 bits per heavy atom. The predicted octanol–water partition coefficient (Wildman–Crippen LogP) is 3.21. The summed E-state index contributed by atoms with van der Waals surface area (Å²) in [6.07, 6.45) is 3.92. The Labute approximate surface area is 94.4 Å². The van der Waals surface area contributed by atoms with Gasteiger partial charge >= 0.3 is 0 Å². The lowest BCUT2D eigenvalue weighted by atomic mass is 10.0. The molecule has 0 radical (unpaired) electrons. The van der Waals surface area contributed by atoms with Crippen molar-refractivity contribution in [2.75, 3.05) is 0 Å². The summed E-state index contributed by atoms with van der Waals surface area (Å²) in [6, 6.07) is 3.40. The maximum absolute atomic E-state index is 13.4. The van der Waals surface area contributed by atoms with E-state index in [1.54, 1.807) is 13.0 Å². The minimum absolute atomic E-state index is 0.0217. The monoisotopic (exact) mass is 227 g/mol. The first-order valence-electron chi connectivity index (χ1n) is 5.24. The minimum atomic E-state index is -0.223. The van der Waals surface area contributed by atoms with Crippen molar-refractivity contribution in [2.45, 2.75) is 38.1 Å². The summed E-state index contributed by atoms with van der Waals surface area (Å²) < 4.78 is 13.4. The maximum atomic E-state index is 13.4. The molecular formula is C12H15ClFN. The van der Waals surface area contributed by atoms with Crippen LogP contribution in [-0.2, 0) is 6.42 Å². The van der Waals surface area contributed by atoms with E-state index in [9.17, 15) is 4.39 Å². The van der Waals surface area contributed by atoms with Gasteiger partial charge in [0.2, 0.25) is 0 Å². The van der Waals surface area contributed by atoms with E-state index in [0.29, 0.717) is 10.6 Å². The molecule has 0 amide bonds. The first-order valence-corrected chi connectivity index (χ1v) is 5.61. The van der Waals surface area contributed by atoms with Gasteiger partial charge in [-0.15, -0.1) is 0 Å². The quantitative estimate of drug-likeness (QED) is 0.843. The van der Waals surface area contributed by atoms with Crippen LogP contribution >= 0.6 is 11.6 Å². The third-order valence-corrected chi connectivity index (χ3v) is 3.54. The van der Waals surface area contributed by atoms with Crippen molar-refractivity contribution in [1.29, 1.82) is 0 Å². The molecule has 82 valence electrons. The maximum Gasteiger partial charge on any atom is 0.127 e. The van der Waals surface area contributed by atoms with Crippen LogP contribution in [0.25, 0.3) is 0 Å². The van der Waals surface area contributed by atoms with Gasteiger partial charge in [0.1, 0.15) is 5.82 Å². The fraction of sp³-hybridized carbons (Fsp3) is 0.500. The molecule has 15 heavy (non-hydrogen) atoms. The van der Waals surface area contributed by atoms with E-state index < -0.39 is 0 Å². The number of hydrogen-bond donors (Lipinski definition) is 1. The molecule has 0 spiro atoms. The van der Waals surface area contributed by atoms with Crippen molar-refractivity contribution in [3.05, 3.63) is 34.1 Å². The van der Waals surface area contributed by atoms with Crippen LogP contribution in [0.5, 0.6) is 0 Å². The zero-order chi connectivity index (χ0) is 11.1. The zero-order valence-corrected chi connectivity index (χ0v) is 9.57. The normalized spacial score (nSPS) is 17.9. The second kappa shape index (κ2) is 3.76. The molecule has 0 heterocycles. The molecule has 1 nitrogen and oxygen atoms in total. The molecule has 1 saturated carbocycles. The standard InChI is InChI=1S/C12H15ClFN/c1-8-10(13)6-9(7-11(8)14)2-3-12(15)4-5-12/h6-7H,2-5,15H2,1H3. The lowest BCUT2D eigenvalue weighted by molar-refractivity contribution is 0.596. The molecule has 0 aliphatic heterocycles. The van der Waals surface area contributed by atoms with Gasteiger partial charge in [0.15, 0.2) is 0 Å². The SMILES string of the molecule is Cc1c(F)cc(CCC2(N)CC2)cc1Cl.